The fourth-order valence-electron chi connectivity index (χ4n) is 2.52. The first-order valence-electron chi connectivity index (χ1n) is 7.93. The third-order valence-electron chi connectivity index (χ3n) is 3.43. The Bertz CT molecular complexity index is 186. The Hall–Kier alpha value is 0.230. The predicted octanol–water partition coefficient (Wildman–Crippen LogP) is 3.07. The van der Waals surface area contributed by atoms with Gasteiger partial charge in [0.05, 0.1) is 0 Å². The van der Waals surface area contributed by atoms with Crippen molar-refractivity contribution in [2.45, 2.75) is 59.5 Å². The standard InChI is InChI=1S/C7H16N2S.C6H13N.C2H6/c1-6-4-9(10-3)5-7(2)8-6;1-2-7-5-3-4-6-7;1-2/h6-8H,4-5H2,1-3H3;2-6H2,1H3;1-2H3. The summed E-state index contributed by atoms with van der Waals surface area (Å²) in [5.41, 5.74) is 0. The molecule has 2 unspecified atom stereocenters. The predicted molar refractivity (Wildman–Crippen MR) is 89.8 cm³/mol. The molecule has 0 aromatic carbocycles. The summed E-state index contributed by atoms with van der Waals surface area (Å²) in [6, 6.07) is 1.30. The lowest BCUT2D eigenvalue weighted by Gasteiger charge is -2.34. The SMILES string of the molecule is CC.CCN1CCCC1.CSN1CC(C)NC(C)C1. The van der Waals surface area contributed by atoms with Gasteiger partial charge in [-0.15, -0.1) is 0 Å². The number of piperazine rings is 1. The molecule has 4 heteroatoms. The maximum atomic E-state index is 3.49. The maximum absolute atomic E-state index is 3.49. The van der Waals surface area contributed by atoms with Gasteiger partial charge >= 0.3 is 0 Å². The van der Waals surface area contributed by atoms with E-state index in [1.165, 1.54) is 45.6 Å². The summed E-state index contributed by atoms with van der Waals surface area (Å²) < 4.78 is 2.41. The zero-order valence-electron chi connectivity index (χ0n) is 13.9. The Balaban J connectivity index is 0.000000316. The maximum Gasteiger partial charge on any atom is 0.0241 e. The highest BCUT2D eigenvalue weighted by Crippen LogP contribution is 2.11. The summed E-state index contributed by atoms with van der Waals surface area (Å²) in [6.07, 6.45) is 4.99. The van der Waals surface area contributed by atoms with Gasteiger partial charge in [0.2, 0.25) is 0 Å². The molecule has 2 rings (SSSR count). The Morgan fingerprint density at radius 1 is 1.05 bits per heavy atom. The van der Waals surface area contributed by atoms with Crippen LogP contribution in [-0.2, 0) is 0 Å². The van der Waals surface area contributed by atoms with Gasteiger partial charge in [0.25, 0.3) is 0 Å². The van der Waals surface area contributed by atoms with Crippen molar-refractivity contribution in [3.05, 3.63) is 0 Å². The van der Waals surface area contributed by atoms with Gasteiger partial charge in [0.15, 0.2) is 0 Å². The zero-order chi connectivity index (χ0) is 14.7. The van der Waals surface area contributed by atoms with Crippen LogP contribution >= 0.6 is 11.9 Å². The molecule has 0 radical (unpaired) electrons. The molecule has 0 bridgehead atoms. The number of nitrogens with zero attached hydrogens (tertiary/aromatic N) is 2. The van der Waals surface area contributed by atoms with Crippen LogP contribution in [-0.4, -0.2) is 60.3 Å². The van der Waals surface area contributed by atoms with E-state index in [1.54, 1.807) is 0 Å². The van der Waals surface area contributed by atoms with Gasteiger partial charge in [0.1, 0.15) is 0 Å². The Kier molecular flexibility index (Phi) is 12.2. The first kappa shape index (κ1) is 19.2. The van der Waals surface area contributed by atoms with Crippen molar-refractivity contribution in [2.75, 3.05) is 39.0 Å². The van der Waals surface area contributed by atoms with Crippen LogP contribution in [0.5, 0.6) is 0 Å². The van der Waals surface area contributed by atoms with Crippen LogP contribution in [0.25, 0.3) is 0 Å². The van der Waals surface area contributed by atoms with Crippen molar-refractivity contribution in [1.29, 1.82) is 0 Å². The van der Waals surface area contributed by atoms with Crippen molar-refractivity contribution < 1.29 is 0 Å². The molecule has 2 aliphatic heterocycles. The summed E-state index contributed by atoms with van der Waals surface area (Å²) in [5, 5.41) is 3.49. The van der Waals surface area contributed by atoms with E-state index < -0.39 is 0 Å². The molecule has 0 amide bonds. The molecule has 0 spiro atoms. The van der Waals surface area contributed by atoms with Gasteiger partial charge in [-0.3, -0.25) is 0 Å². The largest absolute Gasteiger partial charge is 0.309 e. The number of hydrogen-bond donors (Lipinski definition) is 1. The van der Waals surface area contributed by atoms with Crippen LogP contribution in [0.2, 0.25) is 0 Å². The van der Waals surface area contributed by atoms with E-state index >= 15 is 0 Å². The van der Waals surface area contributed by atoms with Gasteiger partial charge in [-0.25, -0.2) is 4.31 Å². The molecule has 0 aromatic rings. The first-order chi connectivity index (χ1) is 9.15. The fraction of sp³-hybridized carbons (Fsp3) is 1.00. The van der Waals surface area contributed by atoms with Crippen molar-refractivity contribution in [3.8, 4) is 0 Å². The van der Waals surface area contributed by atoms with Gasteiger partial charge in [-0.05, 0) is 52.6 Å². The quantitative estimate of drug-likeness (QED) is 0.787. The second kappa shape index (κ2) is 12.0. The topological polar surface area (TPSA) is 18.5 Å². The Morgan fingerprint density at radius 3 is 1.84 bits per heavy atom. The minimum absolute atomic E-state index is 0.649. The first-order valence-corrected chi connectivity index (χ1v) is 9.11. The van der Waals surface area contributed by atoms with Crippen LogP contribution < -0.4 is 5.32 Å². The van der Waals surface area contributed by atoms with Gasteiger partial charge in [0, 0.05) is 25.2 Å². The highest BCUT2D eigenvalue weighted by Gasteiger charge is 2.19. The summed E-state index contributed by atoms with van der Waals surface area (Å²) >= 11 is 1.85. The highest BCUT2D eigenvalue weighted by molar-refractivity contribution is 7.96. The molecule has 1 N–H and O–H groups in total. The molecule has 2 heterocycles. The second-order valence-corrected chi connectivity index (χ2v) is 6.02. The lowest BCUT2D eigenvalue weighted by atomic mass is 10.2. The third kappa shape index (κ3) is 8.90. The number of rotatable bonds is 2. The summed E-state index contributed by atoms with van der Waals surface area (Å²) in [6.45, 7) is 17.0. The minimum Gasteiger partial charge on any atom is -0.309 e. The highest BCUT2D eigenvalue weighted by atomic mass is 32.2. The van der Waals surface area contributed by atoms with Gasteiger partial charge < -0.3 is 10.2 Å². The van der Waals surface area contributed by atoms with E-state index in [0.717, 1.165) is 0 Å². The number of nitrogens with one attached hydrogen (secondary N) is 1. The number of likely N-dealkylation sites (tertiary alicyclic amines) is 1. The molecule has 116 valence electrons. The summed E-state index contributed by atoms with van der Waals surface area (Å²) in [5.74, 6) is 0. The molecule has 2 fully saturated rings. The second-order valence-electron chi connectivity index (χ2n) is 5.14. The van der Waals surface area contributed by atoms with E-state index in [1.807, 2.05) is 25.8 Å². The van der Waals surface area contributed by atoms with E-state index in [-0.39, 0.29) is 0 Å². The summed E-state index contributed by atoms with van der Waals surface area (Å²) in [4.78, 5) is 2.49. The molecular formula is C15H35N3S. The molecular weight excluding hydrogens is 254 g/mol. The average Bonchev–Trinajstić information content (AvgIpc) is 2.94. The van der Waals surface area contributed by atoms with Crippen molar-refractivity contribution in [3.63, 3.8) is 0 Å². The molecule has 3 nitrogen and oxygen atoms in total. The van der Waals surface area contributed by atoms with Crippen molar-refractivity contribution in [1.82, 2.24) is 14.5 Å². The lowest BCUT2D eigenvalue weighted by molar-refractivity contribution is 0.281. The summed E-state index contributed by atoms with van der Waals surface area (Å²) in [7, 11) is 0. The van der Waals surface area contributed by atoms with Crippen molar-refractivity contribution >= 4 is 11.9 Å². The van der Waals surface area contributed by atoms with E-state index in [4.69, 9.17) is 0 Å². The van der Waals surface area contributed by atoms with E-state index in [0.29, 0.717) is 12.1 Å². The average molecular weight is 290 g/mol. The molecule has 2 aliphatic rings. The molecule has 2 saturated heterocycles. The lowest BCUT2D eigenvalue weighted by Crippen LogP contribution is -2.51. The molecule has 0 aliphatic carbocycles. The minimum atomic E-state index is 0.649. The van der Waals surface area contributed by atoms with Crippen molar-refractivity contribution in [2.24, 2.45) is 0 Å². The van der Waals surface area contributed by atoms with Crippen LogP contribution in [0.4, 0.5) is 0 Å². The fourth-order valence-corrected chi connectivity index (χ4v) is 3.27. The molecule has 2 atom stereocenters. The van der Waals surface area contributed by atoms with E-state index in [2.05, 4.69) is 41.5 Å². The normalized spacial score (nSPS) is 28.1. The van der Waals surface area contributed by atoms with Crippen LogP contribution in [0.15, 0.2) is 0 Å². The molecule has 0 saturated carbocycles. The third-order valence-corrected chi connectivity index (χ3v) is 4.24. The number of hydrogen-bond acceptors (Lipinski definition) is 4. The van der Waals surface area contributed by atoms with E-state index in [9.17, 15) is 0 Å². The van der Waals surface area contributed by atoms with Gasteiger partial charge in [-0.1, -0.05) is 32.7 Å². The molecule has 19 heavy (non-hydrogen) atoms. The van der Waals surface area contributed by atoms with Crippen LogP contribution in [0.1, 0.15) is 47.5 Å². The monoisotopic (exact) mass is 289 g/mol. The van der Waals surface area contributed by atoms with Crippen LogP contribution in [0, 0.1) is 0 Å². The molecule has 0 aromatic heterocycles. The zero-order valence-corrected chi connectivity index (χ0v) is 14.7. The Morgan fingerprint density at radius 2 is 1.53 bits per heavy atom. The smallest absolute Gasteiger partial charge is 0.0241 e. The Labute approximate surface area is 125 Å². The van der Waals surface area contributed by atoms with Crippen LogP contribution in [0.3, 0.4) is 0 Å². The van der Waals surface area contributed by atoms with Gasteiger partial charge in [-0.2, -0.15) is 0 Å².